The minimum atomic E-state index is -0.914. The Morgan fingerprint density at radius 3 is 2.48 bits per heavy atom. The number of esters is 1. The molecule has 27 heavy (non-hydrogen) atoms. The first kappa shape index (κ1) is 20.3. The highest BCUT2D eigenvalue weighted by atomic mass is 16.5. The zero-order valence-electron chi connectivity index (χ0n) is 15.9. The molecule has 0 aliphatic carbocycles. The van der Waals surface area contributed by atoms with E-state index in [0.29, 0.717) is 30.2 Å². The molecular formula is C21H25NO5. The fraction of sp³-hybridized carbons (Fsp3) is 0.333. The fourth-order valence-electron chi connectivity index (χ4n) is 2.34. The summed E-state index contributed by atoms with van der Waals surface area (Å²) in [5, 5.41) is 2.75. The third-order valence-electron chi connectivity index (χ3n) is 3.82. The molecule has 6 heteroatoms. The van der Waals surface area contributed by atoms with E-state index in [-0.39, 0.29) is 5.91 Å². The van der Waals surface area contributed by atoms with E-state index in [1.807, 2.05) is 37.3 Å². The molecule has 0 saturated heterocycles. The highest BCUT2D eigenvalue weighted by Crippen LogP contribution is 2.28. The van der Waals surface area contributed by atoms with Crippen LogP contribution in [0, 0.1) is 0 Å². The number of methoxy groups -OCH3 is 1. The third kappa shape index (κ3) is 6.02. The molecule has 0 radical (unpaired) electrons. The maximum absolute atomic E-state index is 12.3. The summed E-state index contributed by atoms with van der Waals surface area (Å²) in [6, 6.07) is 14.3. The standard InChI is InChI=1S/C21H25NO5/c1-4-12-26-18-11-10-17(13-19(18)25-3)21(24)27-15(2)20(23)22-14-16-8-6-5-7-9-16/h5-11,13,15H,4,12,14H2,1-3H3,(H,22,23)/t15-/m0/s1. The van der Waals surface area contributed by atoms with Crippen molar-refractivity contribution in [2.45, 2.75) is 32.9 Å². The van der Waals surface area contributed by atoms with E-state index in [2.05, 4.69) is 5.32 Å². The summed E-state index contributed by atoms with van der Waals surface area (Å²) in [7, 11) is 1.50. The molecule has 0 aliphatic heterocycles. The molecule has 0 heterocycles. The molecule has 2 aromatic carbocycles. The number of carbonyl (C=O) groups excluding carboxylic acids is 2. The number of amides is 1. The van der Waals surface area contributed by atoms with Gasteiger partial charge in [0, 0.05) is 6.54 Å². The van der Waals surface area contributed by atoms with Gasteiger partial charge >= 0.3 is 5.97 Å². The summed E-state index contributed by atoms with van der Waals surface area (Å²) in [6.45, 7) is 4.47. The van der Waals surface area contributed by atoms with E-state index in [0.717, 1.165) is 12.0 Å². The Hall–Kier alpha value is -3.02. The van der Waals surface area contributed by atoms with Gasteiger partial charge in [-0.15, -0.1) is 0 Å². The molecule has 0 aliphatic rings. The van der Waals surface area contributed by atoms with Crippen LogP contribution in [-0.2, 0) is 16.1 Å². The smallest absolute Gasteiger partial charge is 0.339 e. The average molecular weight is 371 g/mol. The summed E-state index contributed by atoms with van der Waals surface area (Å²) in [5.41, 5.74) is 1.26. The zero-order valence-corrected chi connectivity index (χ0v) is 15.9. The quantitative estimate of drug-likeness (QED) is 0.685. The van der Waals surface area contributed by atoms with Gasteiger partial charge in [-0.1, -0.05) is 37.3 Å². The van der Waals surface area contributed by atoms with Crippen molar-refractivity contribution in [2.24, 2.45) is 0 Å². The van der Waals surface area contributed by atoms with Crippen LogP contribution in [0.4, 0.5) is 0 Å². The van der Waals surface area contributed by atoms with Crippen LogP contribution in [0.15, 0.2) is 48.5 Å². The maximum atomic E-state index is 12.3. The number of benzene rings is 2. The van der Waals surface area contributed by atoms with Gasteiger partial charge in [-0.05, 0) is 37.1 Å². The minimum absolute atomic E-state index is 0.290. The predicted molar refractivity (Wildman–Crippen MR) is 102 cm³/mol. The van der Waals surface area contributed by atoms with E-state index < -0.39 is 12.1 Å². The highest BCUT2D eigenvalue weighted by Gasteiger charge is 2.20. The van der Waals surface area contributed by atoms with Gasteiger partial charge in [-0.2, -0.15) is 0 Å². The van der Waals surface area contributed by atoms with E-state index >= 15 is 0 Å². The summed E-state index contributed by atoms with van der Waals surface area (Å²) >= 11 is 0. The Labute approximate surface area is 159 Å². The molecule has 0 bridgehead atoms. The lowest BCUT2D eigenvalue weighted by molar-refractivity contribution is -0.129. The van der Waals surface area contributed by atoms with Crippen LogP contribution < -0.4 is 14.8 Å². The molecule has 1 atom stereocenters. The van der Waals surface area contributed by atoms with Crippen molar-refractivity contribution < 1.29 is 23.8 Å². The second kappa shape index (κ2) is 10.2. The molecule has 144 valence electrons. The Balaban J connectivity index is 1.93. The van der Waals surface area contributed by atoms with Crippen LogP contribution in [0.1, 0.15) is 36.2 Å². The summed E-state index contributed by atoms with van der Waals surface area (Å²) in [4.78, 5) is 24.5. The monoisotopic (exact) mass is 371 g/mol. The third-order valence-corrected chi connectivity index (χ3v) is 3.82. The van der Waals surface area contributed by atoms with Gasteiger partial charge in [0.1, 0.15) is 0 Å². The van der Waals surface area contributed by atoms with Crippen molar-refractivity contribution in [3.8, 4) is 11.5 Å². The fourth-order valence-corrected chi connectivity index (χ4v) is 2.34. The Morgan fingerprint density at radius 2 is 1.81 bits per heavy atom. The first-order valence-corrected chi connectivity index (χ1v) is 8.88. The molecule has 2 aromatic rings. The number of hydrogen-bond donors (Lipinski definition) is 1. The number of nitrogens with one attached hydrogen (secondary N) is 1. The lowest BCUT2D eigenvalue weighted by Gasteiger charge is -2.15. The van der Waals surface area contributed by atoms with Crippen LogP contribution in [0.2, 0.25) is 0 Å². The topological polar surface area (TPSA) is 73.9 Å². The van der Waals surface area contributed by atoms with Crippen molar-refractivity contribution in [3.63, 3.8) is 0 Å². The highest BCUT2D eigenvalue weighted by molar-refractivity contribution is 5.92. The second-order valence-electron chi connectivity index (χ2n) is 5.97. The maximum Gasteiger partial charge on any atom is 0.339 e. The van der Waals surface area contributed by atoms with Crippen molar-refractivity contribution in [1.82, 2.24) is 5.32 Å². The molecule has 0 spiro atoms. The van der Waals surface area contributed by atoms with Gasteiger partial charge in [-0.3, -0.25) is 4.79 Å². The lowest BCUT2D eigenvalue weighted by atomic mass is 10.2. The summed E-state index contributed by atoms with van der Waals surface area (Å²) in [5.74, 6) is 0.0448. The van der Waals surface area contributed by atoms with Crippen LogP contribution in [0.5, 0.6) is 11.5 Å². The van der Waals surface area contributed by atoms with E-state index in [1.54, 1.807) is 18.2 Å². The normalized spacial score (nSPS) is 11.4. The van der Waals surface area contributed by atoms with Crippen LogP contribution in [0.3, 0.4) is 0 Å². The minimum Gasteiger partial charge on any atom is -0.493 e. The number of hydrogen-bond acceptors (Lipinski definition) is 5. The molecule has 6 nitrogen and oxygen atoms in total. The average Bonchev–Trinajstić information content (AvgIpc) is 2.70. The molecule has 1 N–H and O–H groups in total. The first-order valence-electron chi connectivity index (χ1n) is 8.88. The van der Waals surface area contributed by atoms with Gasteiger partial charge in [0.2, 0.25) is 0 Å². The van der Waals surface area contributed by atoms with Gasteiger partial charge in [0.15, 0.2) is 17.6 Å². The van der Waals surface area contributed by atoms with Crippen LogP contribution in [0.25, 0.3) is 0 Å². The molecule has 2 rings (SSSR count). The summed E-state index contributed by atoms with van der Waals surface area (Å²) in [6.07, 6.45) is -0.0500. The number of rotatable bonds is 9. The summed E-state index contributed by atoms with van der Waals surface area (Å²) < 4.78 is 16.1. The Kier molecular flexibility index (Phi) is 7.67. The molecule has 0 saturated carbocycles. The van der Waals surface area contributed by atoms with E-state index in [4.69, 9.17) is 14.2 Å². The van der Waals surface area contributed by atoms with Gasteiger partial charge in [0.05, 0.1) is 19.3 Å². The first-order chi connectivity index (χ1) is 13.0. The molecule has 0 fully saturated rings. The zero-order chi connectivity index (χ0) is 19.6. The van der Waals surface area contributed by atoms with Crippen molar-refractivity contribution in [1.29, 1.82) is 0 Å². The Morgan fingerprint density at radius 1 is 1.07 bits per heavy atom. The SMILES string of the molecule is CCCOc1ccc(C(=O)O[C@@H](C)C(=O)NCc2ccccc2)cc1OC. The van der Waals surface area contributed by atoms with Crippen LogP contribution in [-0.4, -0.2) is 31.7 Å². The molecule has 0 aromatic heterocycles. The van der Waals surface area contributed by atoms with Crippen molar-refractivity contribution in [3.05, 3.63) is 59.7 Å². The van der Waals surface area contributed by atoms with Gasteiger partial charge in [-0.25, -0.2) is 4.79 Å². The van der Waals surface area contributed by atoms with Crippen molar-refractivity contribution >= 4 is 11.9 Å². The lowest BCUT2D eigenvalue weighted by Crippen LogP contribution is -2.35. The van der Waals surface area contributed by atoms with Gasteiger partial charge < -0.3 is 19.5 Å². The van der Waals surface area contributed by atoms with Gasteiger partial charge in [0.25, 0.3) is 5.91 Å². The van der Waals surface area contributed by atoms with Crippen molar-refractivity contribution in [2.75, 3.05) is 13.7 Å². The second-order valence-corrected chi connectivity index (χ2v) is 5.97. The predicted octanol–water partition coefficient (Wildman–Crippen LogP) is 3.35. The number of carbonyl (C=O) groups is 2. The van der Waals surface area contributed by atoms with Crippen LogP contribution >= 0.6 is 0 Å². The molecular weight excluding hydrogens is 346 g/mol. The largest absolute Gasteiger partial charge is 0.493 e. The van der Waals surface area contributed by atoms with E-state index in [1.165, 1.54) is 14.0 Å². The Bertz CT molecular complexity index is 760. The molecule has 0 unspecified atom stereocenters. The number of ether oxygens (including phenoxy) is 3. The van der Waals surface area contributed by atoms with E-state index in [9.17, 15) is 9.59 Å². The molecule has 1 amide bonds.